The molecule has 1 fully saturated rings. The first-order valence-corrected chi connectivity index (χ1v) is 7.80. The Morgan fingerprint density at radius 2 is 1.87 bits per heavy atom. The maximum Gasteiger partial charge on any atom is 0.256 e. The van der Waals surface area contributed by atoms with Crippen molar-refractivity contribution in [3.63, 3.8) is 0 Å². The lowest BCUT2D eigenvalue weighted by molar-refractivity contribution is -0.121. The summed E-state index contributed by atoms with van der Waals surface area (Å²) in [6, 6.07) is 12.1. The van der Waals surface area contributed by atoms with Crippen LogP contribution in [0.25, 0.3) is 0 Å². The second kappa shape index (κ2) is 6.05. The first kappa shape index (κ1) is 15.6. The van der Waals surface area contributed by atoms with E-state index in [4.69, 9.17) is 11.6 Å². The molecule has 0 aliphatic carbocycles. The van der Waals surface area contributed by atoms with Gasteiger partial charge in [0.15, 0.2) is 0 Å². The number of hydrogen-bond donors (Lipinski definition) is 1. The minimum absolute atomic E-state index is 0.138. The van der Waals surface area contributed by atoms with E-state index in [1.165, 1.54) is 4.90 Å². The zero-order chi connectivity index (χ0) is 16.6. The van der Waals surface area contributed by atoms with E-state index in [0.717, 1.165) is 16.8 Å². The van der Waals surface area contributed by atoms with Crippen molar-refractivity contribution in [2.45, 2.75) is 26.3 Å². The van der Waals surface area contributed by atoms with E-state index in [1.807, 2.05) is 32.0 Å². The van der Waals surface area contributed by atoms with Crippen molar-refractivity contribution in [2.24, 2.45) is 0 Å². The van der Waals surface area contributed by atoms with Gasteiger partial charge in [-0.05, 0) is 49.2 Å². The molecule has 5 heteroatoms. The zero-order valence-electron chi connectivity index (χ0n) is 13.0. The molecule has 1 aliphatic heterocycles. The Bertz CT molecular complexity index is 788. The van der Waals surface area contributed by atoms with Crippen LogP contribution in [-0.4, -0.2) is 17.9 Å². The molecule has 2 aromatic rings. The highest BCUT2D eigenvalue weighted by molar-refractivity contribution is 6.31. The van der Waals surface area contributed by atoms with Gasteiger partial charge in [0.05, 0.1) is 12.1 Å². The van der Waals surface area contributed by atoms with Crippen LogP contribution in [-0.2, 0) is 9.59 Å². The number of carbonyl (C=O) groups excluding carboxylic acids is 2. The number of benzene rings is 2. The van der Waals surface area contributed by atoms with Gasteiger partial charge in [-0.3, -0.25) is 9.59 Å². The quantitative estimate of drug-likeness (QED) is 0.874. The summed E-state index contributed by atoms with van der Waals surface area (Å²) >= 11 is 5.96. The minimum atomic E-state index is -0.554. The van der Waals surface area contributed by atoms with Crippen molar-refractivity contribution in [2.75, 3.05) is 10.2 Å². The molecule has 1 heterocycles. The van der Waals surface area contributed by atoms with Gasteiger partial charge in [-0.1, -0.05) is 29.8 Å². The third kappa shape index (κ3) is 2.94. The molecule has 0 bridgehead atoms. The first-order chi connectivity index (χ1) is 11.0. The number of rotatable bonds is 3. The van der Waals surface area contributed by atoms with Crippen LogP contribution >= 0.6 is 11.6 Å². The van der Waals surface area contributed by atoms with Gasteiger partial charge in [0.25, 0.3) is 5.91 Å². The van der Waals surface area contributed by atoms with Gasteiger partial charge in [-0.2, -0.15) is 0 Å². The summed E-state index contributed by atoms with van der Waals surface area (Å²) in [5, 5.41) is 3.69. The number of nitrogens with one attached hydrogen (secondary N) is 1. The van der Waals surface area contributed by atoms with Crippen LogP contribution in [0.4, 0.5) is 11.4 Å². The third-order valence-electron chi connectivity index (χ3n) is 4.15. The fraction of sp³-hybridized carbons (Fsp3) is 0.222. The molecule has 1 unspecified atom stereocenters. The van der Waals surface area contributed by atoms with Crippen molar-refractivity contribution < 1.29 is 9.59 Å². The van der Waals surface area contributed by atoms with Crippen molar-refractivity contribution in [3.8, 4) is 0 Å². The highest BCUT2D eigenvalue weighted by Gasteiger charge is 2.39. The Morgan fingerprint density at radius 1 is 1.13 bits per heavy atom. The summed E-state index contributed by atoms with van der Waals surface area (Å²) in [6.45, 7) is 4.01. The lowest BCUT2D eigenvalue weighted by atomic mass is 10.1. The molecule has 23 heavy (non-hydrogen) atoms. The van der Waals surface area contributed by atoms with E-state index in [-0.39, 0.29) is 18.2 Å². The van der Waals surface area contributed by atoms with Crippen LogP contribution in [0.3, 0.4) is 0 Å². The Balaban J connectivity index is 1.85. The summed E-state index contributed by atoms with van der Waals surface area (Å²) in [4.78, 5) is 26.1. The molecule has 1 aliphatic rings. The molecule has 0 saturated carbocycles. The van der Waals surface area contributed by atoms with E-state index >= 15 is 0 Å². The monoisotopic (exact) mass is 328 g/mol. The summed E-state index contributed by atoms with van der Waals surface area (Å²) in [5.41, 5.74) is 3.61. The molecule has 1 saturated heterocycles. The molecule has 0 aromatic heterocycles. The summed E-state index contributed by atoms with van der Waals surface area (Å²) in [6.07, 6.45) is 0.138. The maximum absolute atomic E-state index is 12.6. The van der Waals surface area contributed by atoms with Gasteiger partial charge in [-0.15, -0.1) is 0 Å². The lowest BCUT2D eigenvalue weighted by Crippen LogP contribution is -2.34. The number of halogens is 1. The summed E-state index contributed by atoms with van der Waals surface area (Å²) in [5.74, 6) is -0.474. The second-order valence-electron chi connectivity index (χ2n) is 5.70. The smallest absolute Gasteiger partial charge is 0.256 e. The molecule has 2 amide bonds. The van der Waals surface area contributed by atoms with Crippen molar-refractivity contribution >= 4 is 34.8 Å². The Labute approximate surface area is 140 Å². The van der Waals surface area contributed by atoms with Crippen LogP contribution in [0.2, 0.25) is 5.02 Å². The normalized spacial score (nSPS) is 17.7. The fourth-order valence-corrected chi connectivity index (χ4v) is 2.91. The molecule has 2 aromatic carbocycles. The minimum Gasteiger partial charge on any atom is -0.373 e. The third-order valence-corrected chi connectivity index (χ3v) is 4.38. The maximum atomic E-state index is 12.6. The zero-order valence-corrected chi connectivity index (χ0v) is 13.7. The Hall–Kier alpha value is -2.33. The fourth-order valence-electron chi connectivity index (χ4n) is 2.73. The van der Waals surface area contributed by atoms with Crippen molar-refractivity contribution in [3.05, 3.63) is 58.6 Å². The topological polar surface area (TPSA) is 49.4 Å². The molecule has 3 rings (SSSR count). The molecular weight excluding hydrogens is 312 g/mol. The van der Waals surface area contributed by atoms with E-state index in [0.29, 0.717) is 10.7 Å². The standard InChI is InChI=1S/C18H17ClN2O2/c1-11-5-3-8-15(12(11)2)20-16-10-17(22)21(18(16)23)14-7-4-6-13(19)9-14/h3-9,16,20H,10H2,1-2H3. The number of amides is 2. The number of carbonyl (C=O) groups is 2. The van der Waals surface area contributed by atoms with Gasteiger partial charge < -0.3 is 5.32 Å². The Kier molecular flexibility index (Phi) is 4.09. The SMILES string of the molecule is Cc1cccc(NC2CC(=O)N(c3cccc(Cl)c3)C2=O)c1C. The summed E-state index contributed by atoms with van der Waals surface area (Å²) < 4.78 is 0. The molecule has 0 radical (unpaired) electrons. The Morgan fingerprint density at radius 3 is 2.61 bits per heavy atom. The molecular formula is C18H17ClN2O2. The van der Waals surface area contributed by atoms with Gasteiger partial charge in [0.2, 0.25) is 5.91 Å². The second-order valence-corrected chi connectivity index (χ2v) is 6.13. The van der Waals surface area contributed by atoms with Crippen LogP contribution in [0.1, 0.15) is 17.5 Å². The number of anilines is 2. The molecule has 118 valence electrons. The number of imide groups is 1. The van der Waals surface area contributed by atoms with Crippen molar-refractivity contribution in [1.29, 1.82) is 0 Å². The molecule has 0 spiro atoms. The lowest BCUT2D eigenvalue weighted by Gasteiger charge is -2.17. The average Bonchev–Trinajstić information content (AvgIpc) is 2.78. The van der Waals surface area contributed by atoms with Crippen LogP contribution in [0.5, 0.6) is 0 Å². The van der Waals surface area contributed by atoms with E-state index < -0.39 is 6.04 Å². The van der Waals surface area contributed by atoms with Crippen molar-refractivity contribution in [1.82, 2.24) is 0 Å². The number of hydrogen-bond acceptors (Lipinski definition) is 3. The van der Waals surface area contributed by atoms with Gasteiger partial charge in [0.1, 0.15) is 6.04 Å². The number of aryl methyl sites for hydroxylation is 1. The van der Waals surface area contributed by atoms with E-state index in [2.05, 4.69) is 5.32 Å². The molecule has 1 atom stereocenters. The highest BCUT2D eigenvalue weighted by atomic mass is 35.5. The van der Waals surface area contributed by atoms with Gasteiger partial charge in [0, 0.05) is 10.7 Å². The van der Waals surface area contributed by atoms with Crippen LogP contribution < -0.4 is 10.2 Å². The molecule has 1 N–H and O–H groups in total. The predicted molar refractivity (Wildman–Crippen MR) is 91.9 cm³/mol. The van der Waals surface area contributed by atoms with Gasteiger partial charge >= 0.3 is 0 Å². The largest absolute Gasteiger partial charge is 0.373 e. The van der Waals surface area contributed by atoms with Gasteiger partial charge in [-0.25, -0.2) is 4.90 Å². The highest BCUT2D eigenvalue weighted by Crippen LogP contribution is 2.28. The van der Waals surface area contributed by atoms with E-state index in [1.54, 1.807) is 24.3 Å². The predicted octanol–water partition coefficient (Wildman–Crippen LogP) is 3.70. The average molecular weight is 329 g/mol. The summed E-state index contributed by atoms with van der Waals surface area (Å²) in [7, 11) is 0. The van der Waals surface area contributed by atoms with Crippen LogP contribution in [0.15, 0.2) is 42.5 Å². The first-order valence-electron chi connectivity index (χ1n) is 7.42. The van der Waals surface area contributed by atoms with Crippen LogP contribution in [0, 0.1) is 13.8 Å². The number of nitrogens with zero attached hydrogens (tertiary/aromatic N) is 1. The van der Waals surface area contributed by atoms with E-state index in [9.17, 15) is 9.59 Å². The molecule has 4 nitrogen and oxygen atoms in total.